The van der Waals surface area contributed by atoms with Gasteiger partial charge in [-0.25, -0.2) is 4.85 Å². The molecule has 2 aliphatic rings. The maximum Gasteiger partial charge on any atom is 0.279 e. The van der Waals surface area contributed by atoms with Crippen LogP contribution in [0, 0.1) is 6.57 Å². The molecule has 2 aromatic rings. The van der Waals surface area contributed by atoms with E-state index in [1.165, 1.54) is 5.56 Å². The van der Waals surface area contributed by atoms with E-state index in [4.69, 9.17) is 6.57 Å². The van der Waals surface area contributed by atoms with Crippen LogP contribution in [0.4, 0.5) is 11.4 Å². The number of fused-ring (bicyclic) bond motifs is 1. The van der Waals surface area contributed by atoms with Gasteiger partial charge < -0.3 is 4.90 Å². The molecule has 0 unspecified atom stereocenters. The molecule has 1 fully saturated rings. The first-order valence-corrected chi connectivity index (χ1v) is 11.6. The summed E-state index contributed by atoms with van der Waals surface area (Å²) in [7, 11) is -3.50. The summed E-state index contributed by atoms with van der Waals surface area (Å²) in [5.41, 5.74) is 3.86. The van der Waals surface area contributed by atoms with Crippen molar-refractivity contribution >= 4 is 21.6 Å². The van der Waals surface area contributed by atoms with Gasteiger partial charge in [0.15, 0.2) is 5.69 Å². The Labute approximate surface area is 173 Å². The maximum atomic E-state index is 12.9. The molecule has 2 aliphatic heterocycles. The third-order valence-electron chi connectivity index (χ3n) is 5.63. The van der Waals surface area contributed by atoms with Crippen molar-refractivity contribution in [1.82, 2.24) is 9.03 Å². The van der Waals surface area contributed by atoms with Gasteiger partial charge in [-0.1, -0.05) is 48.9 Å². The maximum absolute atomic E-state index is 12.9. The number of piperidine rings is 1. The minimum absolute atomic E-state index is 0.223. The summed E-state index contributed by atoms with van der Waals surface area (Å²) >= 11 is 0. The average molecular weight is 411 g/mol. The van der Waals surface area contributed by atoms with E-state index in [-0.39, 0.29) is 6.04 Å². The number of benzene rings is 2. The molecule has 0 bridgehead atoms. The second-order valence-corrected chi connectivity index (χ2v) is 9.48. The Morgan fingerprint density at radius 3 is 2.55 bits per heavy atom. The third kappa shape index (κ3) is 4.61. The minimum Gasteiger partial charge on any atom is -0.365 e. The number of rotatable bonds is 5. The molecular formula is C22H26N4O2S. The standard InChI is InChI=1S/C22H26N4O2S/c1-23-20-10-11-22-19(14-20)15-21(17-25(22)16-18-8-4-2-5-9-18)24-29(27,28)26-12-6-3-7-13-26/h2,4-5,8-11,14,21,24H,3,6-7,12-13,15-17H2/t21-/m0/s1. The van der Waals surface area contributed by atoms with E-state index in [2.05, 4.69) is 26.6 Å². The van der Waals surface area contributed by atoms with Crippen LogP contribution in [0.15, 0.2) is 48.5 Å². The largest absolute Gasteiger partial charge is 0.365 e. The molecule has 0 saturated carbocycles. The van der Waals surface area contributed by atoms with Gasteiger partial charge in [0.2, 0.25) is 0 Å². The van der Waals surface area contributed by atoms with Crippen LogP contribution in [0.1, 0.15) is 30.4 Å². The van der Waals surface area contributed by atoms with Crippen molar-refractivity contribution in [3.05, 3.63) is 71.1 Å². The molecule has 1 saturated heterocycles. The first-order chi connectivity index (χ1) is 14.0. The van der Waals surface area contributed by atoms with Gasteiger partial charge in [0, 0.05) is 37.9 Å². The summed E-state index contributed by atoms with van der Waals surface area (Å²) in [5, 5.41) is 0. The molecule has 2 aromatic carbocycles. The molecule has 1 atom stereocenters. The summed E-state index contributed by atoms with van der Waals surface area (Å²) in [6, 6.07) is 15.7. The van der Waals surface area contributed by atoms with Crippen LogP contribution in [0.2, 0.25) is 0 Å². The quantitative estimate of drug-likeness (QED) is 0.768. The van der Waals surface area contributed by atoms with Crippen molar-refractivity contribution in [3.63, 3.8) is 0 Å². The van der Waals surface area contributed by atoms with Crippen LogP contribution >= 0.6 is 0 Å². The summed E-state index contributed by atoms with van der Waals surface area (Å²) in [6.45, 7) is 9.80. The SMILES string of the molecule is [C-]#[N+]c1ccc2c(c1)C[C@H](NS(=O)(=O)N1CCCCC1)CN2Cc1ccccc1. The van der Waals surface area contributed by atoms with Crippen molar-refractivity contribution < 1.29 is 8.42 Å². The smallest absolute Gasteiger partial charge is 0.279 e. The van der Waals surface area contributed by atoms with Crippen molar-refractivity contribution in [1.29, 1.82) is 0 Å². The van der Waals surface area contributed by atoms with Crippen LogP contribution in [-0.2, 0) is 23.2 Å². The van der Waals surface area contributed by atoms with Crippen LogP contribution in [0.25, 0.3) is 4.85 Å². The predicted molar refractivity (Wildman–Crippen MR) is 115 cm³/mol. The Balaban J connectivity index is 1.58. The Bertz CT molecular complexity index is 995. The van der Waals surface area contributed by atoms with Crippen molar-refractivity contribution in [2.24, 2.45) is 0 Å². The molecule has 0 amide bonds. The number of nitrogens with one attached hydrogen (secondary N) is 1. The average Bonchev–Trinajstić information content (AvgIpc) is 2.74. The van der Waals surface area contributed by atoms with E-state index in [1.807, 2.05) is 36.4 Å². The van der Waals surface area contributed by atoms with Gasteiger partial charge in [0.05, 0.1) is 6.57 Å². The van der Waals surface area contributed by atoms with Crippen molar-refractivity contribution in [2.45, 2.75) is 38.3 Å². The molecule has 0 aliphatic carbocycles. The molecule has 0 radical (unpaired) electrons. The zero-order valence-electron chi connectivity index (χ0n) is 16.4. The van der Waals surface area contributed by atoms with E-state index >= 15 is 0 Å². The molecular weight excluding hydrogens is 384 g/mol. The van der Waals surface area contributed by atoms with Gasteiger partial charge >= 0.3 is 0 Å². The van der Waals surface area contributed by atoms with E-state index in [0.717, 1.165) is 30.5 Å². The zero-order chi connectivity index (χ0) is 20.3. The highest BCUT2D eigenvalue weighted by Gasteiger charge is 2.31. The number of hydrogen-bond acceptors (Lipinski definition) is 3. The van der Waals surface area contributed by atoms with Crippen molar-refractivity contribution in [2.75, 3.05) is 24.5 Å². The Morgan fingerprint density at radius 2 is 1.83 bits per heavy atom. The highest BCUT2D eigenvalue weighted by atomic mass is 32.2. The highest BCUT2D eigenvalue weighted by Crippen LogP contribution is 2.32. The van der Waals surface area contributed by atoms with Crippen LogP contribution in [-0.4, -0.2) is 38.4 Å². The first kappa shape index (κ1) is 19.9. The minimum atomic E-state index is -3.50. The fourth-order valence-electron chi connectivity index (χ4n) is 4.23. The van der Waals surface area contributed by atoms with Crippen LogP contribution in [0.3, 0.4) is 0 Å². The lowest BCUT2D eigenvalue weighted by atomic mass is 9.97. The summed E-state index contributed by atoms with van der Waals surface area (Å²) < 4.78 is 30.3. The van der Waals surface area contributed by atoms with Crippen molar-refractivity contribution in [3.8, 4) is 0 Å². The van der Waals surface area contributed by atoms with Gasteiger partial charge in [0.1, 0.15) is 0 Å². The lowest BCUT2D eigenvalue weighted by molar-refractivity contribution is 0.337. The van der Waals surface area contributed by atoms with Gasteiger partial charge in [0.25, 0.3) is 10.2 Å². The molecule has 1 N–H and O–H groups in total. The molecule has 7 heteroatoms. The van der Waals surface area contributed by atoms with Crippen LogP contribution < -0.4 is 9.62 Å². The summed E-state index contributed by atoms with van der Waals surface area (Å²) in [4.78, 5) is 5.76. The lowest BCUT2D eigenvalue weighted by Crippen LogP contribution is -2.53. The third-order valence-corrected chi connectivity index (χ3v) is 7.30. The van der Waals surface area contributed by atoms with E-state index in [1.54, 1.807) is 4.31 Å². The lowest BCUT2D eigenvalue weighted by Gasteiger charge is -2.38. The number of anilines is 1. The Hall–Kier alpha value is -2.40. The zero-order valence-corrected chi connectivity index (χ0v) is 17.2. The van der Waals surface area contributed by atoms with E-state index in [0.29, 0.717) is 38.3 Å². The van der Waals surface area contributed by atoms with Gasteiger partial charge in [-0.05, 0) is 36.5 Å². The molecule has 4 rings (SSSR count). The second kappa shape index (κ2) is 8.54. The first-order valence-electron chi connectivity index (χ1n) is 10.1. The molecule has 29 heavy (non-hydrogen) atoms. The molecule has 2 heterocycles. The van der Waals surface area contributed by atoms with Gasteiger partial charge in [-0.15, -0.1) is 0 Å². The molecule has 0 aromatic heterocycles. The van der Waals surface area contributed by atoms with Gasteiger partial charge in [-0.3, -0.25) is 0 Å². The van der Waals surface area contributed by atoms with E-state index in [9.17, 15) is 8.42 Å². The molecule has 152 valence electrons. The second-order valence-electron chi connectivity index (χ2n) is 7.77. The monoisotopic (exact) mass is 410 g/mol. The topological polar surface area (TPSA) is 57.0 Å². The summed E-state index contributed by atoms with van der Waals surface area (Å²) in [5.74, 6) is 0. The van der Waals surface area contributed by atoms with E-state index < -0.39 is 10.2 Å². The highest BCUT2D eigenvalue weighted by molar-refractivity contribution is 7.87. The molecule has 0 spiro atoms. The summed E-state index contributed by atoms with van der Waals surface area (Å²) in [6.07, 6.45) is 3.52. The fourth-order valence-corrected chi connectivity index (χ4v) is 5.70. The Kier molecular flexibility index (Phi) is 5.86. The number of nitrogens with zero attached hydrogens (tertiary/aromatic N) is 3. The number of hydrogen-bond donors (Lipinski definition) is 1. The normalized spacial score (nSPS) is 20.1. The Morgan fingerprint density at radius 1 is 1.07 bits per heavy atom. The predicted octanol–water partition coefficient (Wildman–Crippen LogP) is 3.49. The van der Waals surface area contributed by atoms with Gasteiger partial charge in [-0.2, -0.15) is 17.4 Å². The van der Waals surface area contributed by atoms with Crippen LogP contribution in [0.5, 0.6) is 0 Å². The fraction of sp³-hybridized carbons (Fsp3) is 0.409. The molecule has 6 nitrogen and oxygen atoms in total.